The number of hydrogen-bond donors (Lipinski definition) is 2. The molecule has 2 N–H and O–H groups in total. The van der Waals surface area contributed by atoms with Crippen molar-refractivity contribution in [2.75, 3.05) is 26.1 Å². The molecule has 1 amide bonds. The highest BCUT2D eigenvalue weighted by atomic mass is 35.5. The van der Waals surface area contributed by atoms with Crippen molar-refractivity contribution in [2.24, 2.45) is 0 Å². The first-order valence-electron chi connectivity index (χ1n) is 7.85. The molecule has 1 aromatic rings. The number of thioether (sulfide) groups is 1. The molecule has 0 saturated carbocycles. The third-order valence-electron chi connectivity index (χ3n) is 3.85. The van der Waals surface area contributed by atoms with Crippen molar-refractivity contribution in [3.63, 3.8) is 0 Å². The van der Waals surface area contributed by atoms with E-state index in [9.17, 15) is 9.59 Å². The number of aliphatic carboxylic acids is 1. The molecule has 0 radical (unpaired) electrons. The Bertz CT molecular complexity index is 653. The molecule has 1 aromatic carbocycles. The monoisotopic (exact) mass is 384 g/mol. The molecule has 0 spiro atoms. The minimum Gasteiger partial charge on any atom is -0.478 e. The Hall–Kier alpha value is -1.70. The van der Waals surface area contributed by atoms with E-state index in [2.05, 4.69) is 10.2 Å². The molecule has 0 aliphatic carbocycles. The Morgan fingerprint density at radius 3 is 2.92 bits per heavy atom. The van der Waals surface area contributed by atoms with E-state index < -0.39 is 12.1 Å². The Morgan fingerprint density at radius 2 is 2.24 bits per heavy atom. The molecule has 1 atom stereocenters. The Kier molecular flexibility index (Phi) is 7.61. The van der Waals surface area contributed by atoms with E-state index >= 15 is 0 Å². The molecular formula is C17H21ClN2O4S. The zero-order valence-corrected chi connectivity index (χ0v) is 15.5. The van der Waals surface area contributed by atoms with Gasteiger partial charge in [0.25, 0.3) is 0 Å². The fourth-order valence-electron chi connectivity index (χ4n) is 2.66. The smallest absolute Gasteiger partial charge is 0.407 e. The summed E-state index contributed by atoms with van der Waals surface area (Å²) >= 11 is 7.65. The van der Waals surface area contributed by atoms with Gasteiger partial charge in [0.15, 0.2) is 0 Å². The van der Waals surface area contributed by atoms with Gasteiger partial charge in [-0.1, -0.05) is 29.8 Å². The topological polar surface area (TPSA) is 78.9 Å². The second kappa shape index (κ2) is 9.70. The molecule has 1 aliphatic rings. The second-order valence-corrected chi connectivity index (χ2v) is 7.15. The number of ether oxygens (including phenoxy) is 1. The summed E-state index contributed by atoms with van der Waals surface area (Å²) in [6.07, 6.45) is 1.55. The van der Waals surface area contributed by atoms with Crippen molar-refractivity contribution in [3.05, 3.63) is 46.5 Å². The van der Waals surface area contributed by atoms with Gasteiger partial charge in [0.05, 0.1) is 0 Å². The van der Waals surface area contributed by atoms with Crippen LogP contribution in [0.3, 0.4) is 0 Å². The number of carboxylic acid groups (broad SMARTS) is 1. The first-order chi connectivity index (χ1) is 12.0. The van der Waals surface area contributed by atoms with Crippen LogP contribution >= 0.6 is 23.4 Å². The molecule has 8 heteroatoms. The van der Waals surface area contributed by atoms with Gasteiger partial charge in [0, 0.05) is 43.0 Å². The largest absolute Gasteiger partial charge is 0.478 e. The van der Waals surface area contributed by atoms with Crippen LogP contribution in [-0.4, -0.2) is 53.4 Å². The summed E-state index contributed by atoms with van der Waals surface area (Å²) in [6.45, 7) is 2.04. The standard InChI is InChI=1S/C17H21ClN2O4S/c1-19-17(23)24-11-25-15-6-7-20(10-13(15)8-16(21)22)9-12-4-2-3-5-14(12)18/h2-5,8,15H,6-7,9-11H2,1H3,(H,19,23)(H,21,22)/b13-8+. The normalized spacial score (nSPS) is 19.6. The molecule has 1 fully saturated rings. The molecule has 0 aromatic heterocycles. The maximum Gasteiger partial charge on any atom is 0.407 e. The lowest BCUT2D eigenvalue weighted by Crippen LogP contribution is -2.37. The van der Waals surface area contributed by atoms with Crippen LogP contribution in [0.1, 0.15) is 12.0 Å². The van der Waals surface area contributed by atoms with E-state index in [1.165, 1.54) is 24.9 Å². The Balaban J connectivity index is 1.98. The maximum absolute atomic E-state index is 11.1. The number of carbonyl (C=O) groups is 2. The lowest BCUT2D eigenvalue weighted by molar-refractivity contribution is -0.131. The zero-order chi connectivity index (χ0) is 18.2. The molecule has 1 unspecified atom stereocenters. The summed E-state index contributed by atoms with van der Waals surface area (Å²) in [5.74, 6) is -0.779. The van der Waals surface area contributed by atoms with Crippen LogP contribution in [-0.2, 0) is 16.1 Å². The van der Waals surface area contributed by atoms with Gasteiger partial charge in [-0.15, -0.1) is 11.8 Å². The molecule has 1 saturated heterocycles. The number of nitrogens with one attached hydrogen (secondary N) is 1. The van der Waals surface area contributed by atoms with Crippen LogP contribution in [0.5, 0.6) is 0 Å². The Morgan fingerprint density at radius 1 is 1.48 bits per heavy atom. The minimum atomic E-state index is -0.965. The summed E-state index contributed by atoms with van der Waals surface area (Å²) < 4.78 is 4.99. The number of carboxylic acids is 1. The van der Waals surface area contributed by atoms with Gasteiger partial charge in [-0.2, -0.15) is 0 Å². The van der Waals surface area contributed by atoms with E-state index in [1.807, 2.05) is 24.3 Å². The fraction of sp³-hybridized carbons (Fsp3) is 0.412. The summed E-state index contributed by atoms with van der Waals surface area (Å²) in [6, 6.07) is 7.65. The van der Waals surface area contributed by atoms with Crippen molar-refractivity contribution in [1.82, 2.24) is 10.2 Å². The van der Waals surface area contributed by atoms with Crippen molar-refractivity contribution in [2.45, 2.75) is 18.2 Å². The highest BCUT2D eigenvalue weighted by molar-refractivity contribution is 7.99. The number of likely N-dealkylation sites (tertiary alicyclic amines) is 1. The third kappa shape index (κ3) is 6.26. The summed E-state index contributed by atoms with van der Waals surface area (Å²) in [7, 11) is 1.50. The van der Waals surface area contributed by atoms with Crippen LogP contribution < -0.4 is 5.32 Å². The predicted molar refractivity (Wildman–Crippen MR) is 98.9 cm³/mol. The van der Waals surface area contributed by atoms with Crippen LogP contribution in [0.2, 0.25) is 5.02 Å². The highest BCUT2D eigenvalue weighted by Gasteiger charge is 2.25. The van der Waals surface area contributed by atoms with Gasteiger partial charge in [0.1, 0.15) is 5.94 Å². The lowest BCUT2D eigenvalue weighted by atomic mass is 10.0. The summed E-state index contributed by atoms with van der Waals surface area (Å²) in [5, 5.41) is 12.2. The SMILES string of the molecule is CNC(=O)OCSC1CCN(Cc2ccccc2Cl)C/C1=C\C(=O)O. The van der Waals surface area contributed by atoms with E-state index in [4.69, 9.17) is 21.4 Å². The zero-order valence-electron chi connectivity index (χ0n) is 13.9. The number of piperidine rings is 1. The lowest BCUT2D eigenvalue weighted by Gasteiger charge is -2.34. The number of amides is 1. The van der Waals surface area contributed by atoms with Gasteiger partial charge in [0.2, 0.25) is 0 Å². The number of carbonyl (C=O) groups excluding carboxylic acids is 1. The van der Waals surface area contributed by atoms with Gasteiger partial charge in [-0.25, -0.2) is 9.59 Å². The van der Waals surface area contributed by atoms with Crippen LogP contribution in [0.4, 0.5) is 4.79 Å². The predicted octanol–water partition coefficient (Wildman–Crippen LogP) is 2.97. The molecular weight excluding hydrogens is 364 g/mol. The number of hydrogen-bond acceptors (Lipinski definition) is 5. The molecule has 1 aliphatic heterocycles. The number of alkyl carbamates (subject to hydrolysis) is 1. The van der Waals surface area contributed by atoms with E-state index in [0.717, 1.165) is 24.1 Å². The molecule has 2 rings (SSSR count). The quantitative estimate of drug-likeness (QED) is 0.580. The summed E-state index contributed by atoms with van der Waals surface area (Å²) in [5.41, 5.74) is 1.84. The number of rotatable bonds is 6. The molecule has 0 bridgehead atoms. The van der Waals surface area contributed by atoms with Crippen molar-refractivity contribution in [1.29, 1.82) is 0 Å². The van der Waals surface area contributed by atoms with Crippen molar-refractivity contribution >= 4 is 35.4 Å². The highest BCUT2D eigenvalue weighted by Crippen LogP contribution is 2.29. The van der Waals surface area contributed by atoms with Crippen LogP contribution in [0, 0.1) is 0 Å². The van der Waals surface area contributed by atoms with Gasteiger partial charge < -0.3 is 15.2 Å². The number of nitrogens with zero attached hydrogens (tertiary/aromatic N) is 1. The maximum atomic E-state index is 11.1. The number of benzene rings is 1. The Labute approximate surface area is 156 Å². The first kappa shape index (κ1) is 19.6. The first-order valence-corrected chi connectivity index (χ1v) is 9.27. The third-order valence-corrected chi connectivity index (χ3v) is 5.41. The van der Waals surface area contributed by atoms with E-state index in [0.29, 0.717) is 18.1 Å². The van der Waals surface area contributed by atoms with E-state index in [-0.39, 0.29) is 11.2 Å². The van der Waals surface area contributed by atoms with Gasteiger partial charge in [-0.05, 0) is 23.6 Å². The molecule has 136 valence electrons. The molecule has 25 heavy (non-hydrogen) atoms. The average molecular weight is 385 g/mol. The van der Waals surface area contributed by atoms with Gasteiger partial charge in [-0.3, -0.25) is 4.90 Å². The van der Waals surface area contributed by atoms with Crippen LogP contribution in [0.25, 0.3) is 0 Å². The van der Waals surface area contributed by atoms with Crippen LogP contribution in [0.15, 0.2) is 35.9 Å². The molecule has 1 heterocycles. The fourth-order valence-corrected chi connectivity index (χ4v) is 3.82. The average Bonchev–Trinajstić information content (AvgIpc) is 2.58. The summed E-state index contributed by atoms with van der Waals surface area (Å²) in [4.78, 5) is 24.4. The minimum absolute atomic E-state index is 0.0169. The number of halogens is 1. The van der Waals surface area contributed by atoms with Crippen molar-refractivity contribution < 1.29 is 19.4 Å². The van der Waals surface area contributed by atoms with Gasteiger partial charge >= 0.3 is 12.1 Å². The molecule has 6 nitrogen and oxygen atoms in total. The second-order valence-electron chi connectivity index (χ2n) is 5.60. The van der Waals surface area contributed by atoms with E-state index in [1.54, 1.807) is 0 Å². The van der Waals surface area contributed by atoms with Crippen molar-refractivity contribution in [3.8, 4) is 0 Å².